The summed E-state index contributed by atoms with van der Waals surface area (Å²) in [6.07, 6.45) is -0.190. The van der Waals surface area contributed by atoms with E-state index in [4.69, 9.17) is 4.74 Å². The highest BCUT2D eigenvalue weighted by Gasteiger charge is 2.22. The Morgan fingerprint density at radius 1 is 1.24 bits per heavy atom. The molecule has 21 heavy (non-hydrogen) atoms. The number of hydrogen-bond donors (Lipinski definition) is 0. The van der Waals surface area contributed by atoms with Crippen LogP contribution >= 0.6 is 0 Å². The molecule has 0 saturated carbocycles. The first-order valence-electron chi connectivity index (χ1n) is 6.12. The van der Waals surface area contributed by atoms with E-state index in [-0.39, 0.29) is 29.0 Å². The number of ketones is 1. The molecule has 2 aromatic carbocycles. The van der Waals surface area contributed by atoms with Crippen LogP contribution in [0.4, 0.5) is 10.1 Å². The van der Waals surface area contributed by atoms with Crippen LogP contribution in [0.25, 0.3) is 0 Å². The Morgan fingerprint density at radius 2 is 1.95 bits per heavy atom. The third-order valence-electron chi connectivity index (χ3n) is 3.00. The van der Waals surface area contributed by atoms with Crippen molar-refractivity contribution in [3.63, 3.8) is 0 Å². The van der Waals surface area contributed by atoms with E-state index in [1.165, 1.54) is 43.5 Å². The molecule has 0 heterocycles. The molecule has 0 N–H and O–H groups in total. The molecule has 0 bridgehead atoms. The first-order chi connectivity index (χ1) is 10.0. The lowest BCUT2D eigenvalue weighted by Gasteiger charge is -2.08. The third kappa shape index (κ3) is 3.05. The Kier molecular flexibility index (Phi) is 4.27. The molecule has 0 radical (unpaired) electrons. The third-order valence-corrected chi connectivity index (χ3v) is 3.00. The van der Waals surface area contributed by atoms with Gasteiger partial charge >= 0.3 is 5.69 Å². The zero-order chi connectivity index (χ0) is 15.4. The molecule has 5 nitrogen and oxygen atoms in total. The SMILES string of the molecule is COc1c(C(=O)Cc2ccccc2F)cccc1[N+](=O)[O-]. The van der Waals surface area contributed by atoms with Gasteiger partial charge in [-0.25, -0.2) is 4.39 Å². The van der Waals surface area contributed by atoms with Crippen LogP contribution in [0.5, 0.6) is 5.75 Å². The summed E-state index contributed by atoms with van der Waals surface area (Å²) in [5.41, 5.74) is 0.00268. The number of rotatable bonds is 5. The van der Waals surface area contributed by atoms with Gasteiger partial charge < -0.3 is 4.74 Å². The van der Waals surface area contributed by atoms with E-state index < -0.39 is 16.5 Å². The van der Waals surface area contributed by atoms with E-state index >= 15 is 0 Å². The number of halogens is 1. The molecule has 6 heteroatoms. The molecule has 0 unspecified atom stereocenters. The van der Waals surface area contributed by atoms with Gasteiger partial charge in [-0.3, -0.25) is 14.9 Å². The quantitative estimate of drug-likeness (QED) is 0.481. The molecule has 0 aliphatic carbocycles. The topological polar surface area (TPSA) is 69.4 Å². The first kappa shape index (κ1) is 14.6. The molecule has 0 saturated heterocycles. The lowest BCUT2D eigenvalue weighted by Crippen LogP contribution is -2.08. The van der Waals surface area contributed by atoms with Crippen molar-refractivity contribution >= 4 is 11.5 Å². The highest BCUT2D eigenvalue weighted by molar-refractivity contribution is 6.01. The van der Waals surface area contributed by atoms with E-state index in [0.717, 1.165) is 0 Å². The Balaban J connectivity index is 2.38. The Bertz CT molecular complexity index is 700. The maximum atomic E-state index is 13.6. The van der Waals surface area contributed by atoms with Gasteiger partial charge in [0.2, 0.25) is 5.75 Å². The Labute approximate surface area is 120 Å². The van der Waals surface area contributed by atoms with Crippen molar-refractivity contribution < 1.29 is 18.8 Å². The summed E-state index contributed by atoms with van der Waals surface area (Å²) in [6.45, 7) is 0. The van der Waals surface area contributed by atoms with Gasteiger partial charge in [-0.15, -0.1) is 0 Å². The van der Waals surface area contributed by atoms with Crippen LogP contribution in [-0.4, -0.2) is 17.8 Å². The van der Waals surface area contributed by atoms with Gasteiger partial charge in [0.25, 0.3) is 0 Å². The highest BCUT2D eigenvalue weighted by atomic mass is 19.1. The number of Topliss-reactive ketones (excluding diaryl/α,β-unsaturated/α-hetero) is 1. The minimum absolute atomic E-state index is 0.0648. The van der Waals surface area contributed by atoms with Crippen LogP contribution in [0.15, 0.2) is 42.5 Å². The second-order valence-electron chi connectivity index (χ2n) is 4.31. The fraction of sp³-hybridized carbons (Fsp3) is 0.133. The summed E-state index contributed by atoms with van der Waals surface area (Å²) in [4.78, 5) is 22.5. The van der Waals surface area contributed by atoms with Gasteiger partial charge in [-0.1, -0.05) is 24.3 Å². The normalized spacial score (nSPS) is 10.2. The number of nitro benzene ring substituents is 1. The van der Waals surface area contributed by atoms with Crippen LogP contribution in [0.2, 0.25) is 0 Å². The minimum Gasteiger partial charge on any atom is -0.490 e. The smallest absolute Gasteiger partial charge is 0.311 e. The standard InChI is InChI=1S/C15H12FNO4/c1-21-15-11(6-4-8-13(15)17(19)20)14(18)9-10-5-2-3-7-12(10)16/h2-8H,9H2,1H3. The number of para-hydroxylation sites is 1. The van der Waals surface area contributed by atoms with Gasteiger partial charge in [-0.2, -0.15) is 0 Å². The molecular weight excluding hydrogens is 277 g/mol. The number of ether oxygens (including phenoxy) is 1. The Hall–Kier alpha value is -2.76. The van der Waals surface area contributed by atoms with Crippen LogP contribution < -0.4 is 4.74 Å². The lowest BCUT2D eigenvalue weighted by molar-refractivity contribution is -0.385. The maximum absolute atomic E-state index is 13.6. The van der Waals surface area contributed by atoms with Gasteiger partial charge in [-0.05, 0) is 17.7 Å². The van der Waals surface area contributed by atoms with E-state index in [9.17, 15) is 19.3 Å². The molecule has 0 aliphatic rings. The summed E-state index contributed by atoms with van der Waals surface area (Å²) >= 11 is 0. The number of carbonyl (C=O) groups is 1. The van der Waals surface area contributed by atoms with Gasteiger partial charge in [0, 0.05) is 12.5 Å². The maximum Gasteiger partial charge on any atom is 0.311 e. The fourth-order valence-electron chi connectivity index (χ4n) is 2.01. The van der Waals surface area contributed by atoms with Crippen molar-refractivity contribution in [3.8, 4) is 5.75 Å². The second-order valence-corrected chi connectivity index (χ2v) is 4.31. The number of nitrogens with zero attached hydrogens (tertiary/aromatic N) is 1. The lowest BCUT2D eigenvalue weighted by atomic mass is 10.0. The second kappa shape index (κ2) is 6.13. The predicted octanol–water partition coefficient (Wildman–Crippen LogP) is 3.17. The minimum atomic E-state index is -0.626. The molecular formula is C15H12FNO4. The number of carbonyl (C=O) groups excluding carboxylic acids is 1. The molecule has 2 aromatic rings. The first-order valence-corrected chi connectivity index (χ1v) is 6.12. The zero-order valence-corrected chi connectivity index (χ0v) is 11.2. The molecule has 2 rings (SSSR count). The number of hydrogen-bond acceptors (Lipinski definition) is 4. The van der Waals surface area contributed by atoms with Crippen LogP contribution in [0.3, 0.4) is 0 Å². The average Bonchev–Trinajstić information content (AvgIpc) is 2.48. The fourth-order valence-corrected chi connectivity index (χ4v) is 2.01. The van der Waals surface area contributed by atoms with Gasteiger partial charge in [0.1, 0.15) is 5.82 Å². The number of methoxy groups -OCH3 is 1. The van der Waals surface area contributed by atoms with Crippen molar-refractivity contribution in [2.24, 2.45) is 0 Å². The Morgan fingerprint density at radius 3 is 2.57 bits per heavy atom. The molecule has 0 amide bonds. The van der Waals surface area contributed by atoms with Crippen LogP contribution in [0, 0.1) is 15.9 Å². The van der Waals surface area contributed by atoms with Crippen molar-refractivity contribution in [1.29, 1.82) is 0 Å². The average molecular weight is 289 g/mol. The van der Waals surface area contributed by atoms with Crippen LogP contribution in [-0.2, 0) is 6.42 Å². The van der Waals surface area contributed by atoms with Crippen LogP contribution in [0.1, 0.15) is 15.9 Å². The monoisotopic (exact) mass is 289 g/mol. The predicted molar refractivity (Wildman–Crippen MR) is 74.1 cm³/mol. The molecule has 0 fully saturated rings. The molecule has 0 atom stereocenters. The van der Waals surface area contributed by atoms with Crippen molar-refractivity contribution in [3.05, 3.63) is 69.5 Å². The summed E-state index contributed by atoms with van der Waals surface area (Å²) in [6, 6.07) is 9.97. The molecule has 0 spiro atoms. The van der Waals surface area contributed by atoms with E-state index in [1.807, 2.05) is 0 Å². The van der Waals surface area contributed by atoms with Crippen molar-refractivity contribution in [1.82, 2.24) is 0 Å². The number of nitro groups is 1. The molecule has 0 aliphatic heterocycles. The van der Waals surface area contributed by atoms with E-state index in [2.05, 4.69) is 0 Å². The molecule has 0 aromatic heterocycles. The summed E-state index contributed by atoms with van der Waals surface area (Å²) in [5.74, 6) is -1.04. The van der Waals surface area contributed by atoms with E-state index in [0.29, 0.717) is 0 Å². The van der Waals surface area contributed by atoms with E-state index in [1.54, 1.807) is 6.07 Å². The summed E-state index contributed by atoms with van der Waals surface area (Å²) in [5, 5.41) is 10.9. The van der Waals surface area contributed by atoms with Gasteiger partial charge in [0.05, 0.1) is 17.6 Å². The highest BCUT2D eigenvalue weighted by Crippen LogP contribution is 2.31. The zero-order valence-electron chi connectivity index (χ0n) is 11.2. The largest absolute Gasteiger partial charge is 0.490 e. The summed E-state index contributed by atoms with van der Waals surface area (Å²) in [7, 11) is 1.25. The van der Waals surface area contributed by atoms with Gasteiger partial charge in [0.15, 0.2) is 5.78 Å². The number of benzene rings is 2. The summed E-state index contributed by atoms with van der Waals surface area (Å²) < 4.78 is 18.5. The van der Waals surface area contributed by atoms with Crippen molar-refractivity contribution in [2.45, 2.75) is 6.42 Å². The van der Waals surface area contributed by atoms with Crippen molar-refractivity contribution in [2.75, 3.05) is 7.11 Å². The molecule has 108 valence electrons.